The number of carbonyl (C=O) groups is 3. The Bertz CT molecular complexity index is 1330. The van der Waals surface area contributed by atoms with Gasteiger partial charge in [0.15, 0.2) is 0 Å². The van der Waals surface area contributed by atoms with Crippen molar-refractivity contribution in [3.63, 3.8) is 0 Å². The summed E-state index contributed by atoms with van der Waals surface area (Å²) in [6.07, 6.45) is 10.0. The molecular weight excluding hydrogens is 526 g/mol. The zero-order valence-electron chi connectivity index (χ0n) is 24.9. The Morgan fingerprint density at radius 3 is 2.38 bits per heavy atom. The molecule has 3 heterocycles. The Labute approximate surface area is 249 Å². The zero-order chi connectivity index (χ0) is 29.4. The fourth-order valence-corrected chi connectivity index (χ4v) is 7.54. The Hall–Kier alpha value is -3.45. The molecule has 3 amide bonds. The van der Waals surface area contributed by atoms with E-state index in [2.05, 4.69) is 36.6 Å². The summed E-state index contributed by atoms with van der Waals surface area (Å²) in [7, 11) is 0. The van der Waals surface area contributed by atoms with Gasteiger partial charge in [0.25, 0.3) is 0 Å². The third kappa shape index (κ3) is 5.17. The van der Waals surface area contributed by atoms with E-state index in [4.69, 9.17) is 4.74 Å². The Balaban J connectivity index is 1.27. The number of hydrogen-bond acceptors (Lipinski definition) is 4. The molecule has 42 heavy (non-hydrogen) atoms. The van der Waals surface area contributed by atoms with Crippen molar-refractivity contribution in [3.05, 3.63) is 77.9 Å². The first kappa shape index (κ1) is 28.7. The fourth-order valence-electron chi connectivity index (χ4n) is 7.54. The van der Waals surface area contributed by atoms with Gasteiger partial charge < -0.3 is 20.3 Å². The molecule has 2 bridgehead atoms. The molecule has 4 aliphatic rings. The number of hydrogen-bond donors (Lipinski definition) is 2. The molecule has 7 heteroatoms. The number of nitrogens with one attached hydrogen (secondary N) is 2. The van der Waals surface area contributed by atoms with Gasteiger partial charge in [-0.3, -0.25) is 14.4 Å². The van der Waals surface area contributed by atoms with Crippen LogP contribution in [0.3, 0.4) is 0 Å². The molecule has 1 spiro atoms. The number of aryl methyl sites for hydroxylation is 1. The molecule has 0 aromatic heterocycles. The maximum absolute atomic E-state index is 14.4. The number of ether oxygens (including phenoxy) is 1. The van der Waals surface area contributed by atoms with Crippen LogP contribution < -0.4 is 10.6 Å². The maximum atomic E-state index is 14.4. The largest absolute Gasteiger partial charge is 0.359 e. The monoisotopic (exact) mass is 569 g/mol. The van der Waals surface area contributed by atoms with Crippen molar-refractivity contribution in [2.75, 3.05) is 5.32 Å². The van der Waals surface area contributed by atoms with Crippen LogP contribution in [0.4, 0.5) is 5.69 Å². The minimum absolute atomic E-state index is 0.105. The molecule has 2 N–H and O–H groups in total. The number of amides is 3. The minimum Gasteiger partial charge on any atom is -0.359 e. The van der Waals surface area contributed by atoms with Crippen molar-refractivity contribution in [1.29, 1.82) is 0 Å². The van der Waals surface area contributed by atoms with Gasteiger partial charge in [-0.15, -0.1) is 0 Å². The van der Waals surface area contributed by atoms with Crippen molar-refractivity contribution in [2.45, 2.75) is 101 Å². The molecule has 2 aromatic carbocycles. The highest BCUT2D eigenvalue weighted by atomic mass is 16.5. The quantitative estimate of drug-likeness (QED) is 0.398. The lowest BCUT2D eigenvalue weighted by Gasteiger charge is -2.36. The molecule has 6 atom stereocenters. The number of nitrogens with zero attached hydrogens (tertiary/aromatic N) is 1. The number of likely N-dealkylation sites (tertiary alicyclic amines) is 1. The lowest BCUT2D eigenvalue weighted by Crippen LogP contribution is -2.58. The van der Waals surface area contributed by atoms with Gasteiger partial charge in [-0.1, -0.05) is 87.7 Å². The van der Waals surface area contributed by atoms with Gasteiger partial charge in [0.1, 0.15) is 11.6 Å². The first-order chi connectivity index (χ1) is 20.3. The smallest absolute Gasteiger partial charge is 0.246 e. The summed E-state index contributed by atoms with van der Waals surface area (Å²) in [5.41, 5.74) is 1.92. The number of carbonyl (C=O) groups excluding carboxylic acids is 3. The molecule has 1 aliphatic carbocycles. The van der Waals surface area contributed by atoms with Crippen molar-refractivity contribution >= 4 is 23.4 Å². The predicted molar refractivity (Wildman–Crippen MR) is 163 cm³/mol. The first-order valence-corrected chi connectivity index (χ1v) is 15.7. The van der Waals surface area contributed by atoms with E-state index in [1.165, 1.54) is 17.5 Å². The van der Waals surface area contributed by atoms with Crippen molar-refractivity contribution in [1.82, 2.24) is 10.2 Å². The molecule has 3 aliphatic heterocycles. The van der Waals surface area contributed by atoms with Crippen LogP contribution in [0.1, 0.15) is 76.3 Å². The van der Waals surface area contributed by atoms with E-state index >= 15 is 0 Å². The Kier molecular flexibility index (Phi) is 7.97. The molecule has 0 radical (unpaired) electrons. The summed E-state index contributed by atoms with van der Waals surface area (Å²) in [6.45, 7) is 6.27. The third-order valence-electron chi connectivity index (χ3n) is 9.83. The van der Waals surface area contributed by atoms with Crippen LogP contribution in [0.2, 0.25) is 0 Å². The minimum atomic E-state index is -1.15. The summed E-state index contributed by atoms with van der Waals surface area (Å²) in [5, 5.41) is 6.32. The van der Waals surface area contributed by atoms with Crippen LogP contribution in [-0.4, -0.2) is 52.5 Å². The van der Waals surface area contributed by atoms with Gasteiger partial charge >= 0.3 is 0 Å². The van der Waals surface area contributed by atoms with Crippen LogP contribution >= 0.6 is 0 Å². The third-order valence-corrected chi connectivity index (χ3v) is 9.83. The average molecular weight is 570 g/mol. The van der Waals surface area contributed by atoms with Crippen LogP contribution in [0.25, 0.3) is 0 Å². The number of rotatable bonds is 9. The Morgan fingerprint density at radius 2 is 1.69 bits per heavy atom. The lowest BCUT2D eigenvalue weighted by molar-refractivity contribution is -0.143. The number of benzene rings is 2. The van der Waals surface area contributed by atoms with Crippen LogP contribution in [0.15, 0.2) is 66.7 Å². The maximum Gasteiger partial charge on any atom is 0.246 e. The molecule has 7 nitrogen and oxygen atoms in total. The predicted octanol–water partition coefficient (Wildman–Crippen LogP) is 5.37. The van der Waals surface area contributed by atoms with E-state index in [1.54, 1.807) is 4.90 Å². The molecular formula is C35H43N3O4. The first-order valence-electron chi connectivity index (χ1n) is 15.7. The highest BCUT2D eigenvalue weighted by molar-refractivity contribution is 6.03. The van der Waals surface area contributed by atoms with E-state index in [-0.39, 0.29) is 29.8 Å². The molecule has 3 fully saturated rings. The standard InChI is InChI=1S/C35H43N3O4/c1-22(2)25-16-18-27(19-17-25)36-32(39)29-28-20-21-35(42-28)30(29)34(41)38(23(3)14-15-24-10-6-4-7-11-24)31(35)33(40)37-26-12-8-5-9-13-26/h4,6-7,10-11,16-23,26,28-31H,5,8-9,12-15H2,1-3H3,(H,36,39)(H,37,40)/t23?,28-,29?,30-,31?,35?/m1/s1. The summed E-state index contributed by atoms with van der Waals surface area (Å²) in [5.74, 6) is -1.64. The second-order valence-corrected chi connectivity index (χ2v) is 12.9. The van der Waals surface area contributed by atoms with Gasteiger partial charge in [-0.25, -0.2) is 0 Å². The van der Waals surface area contributed by atoms with Gasteiger partial charge in [0.05, 0.1) is 17.9 Å². The molecule has 6 rings (SSSR count). The number of anilines is 1. The second-order valence-electron chi connectivity index (χ2n) is 12.9. The summed E-state index contributed by atoms with van der Waals surface area (Å²) in [4.78, 5) is 44.0. The van der Waals surface area contributed by atoms with E-state index < -0.39 is 29.6 Å². The molecule has 4 unspecified atom stereocenters. The molecule has 2 saturated heterocycles. The Morgan fingerprint density at radius 1 is 0.976 bits per heavy atom. The topological polar surface area (TPSA) is 87.7 Å². The normalized spacial score (nSPS) is 29.1. The van der Waals surface area contributed by atoms with E-state index in [0.717, 1.165) is 32.1 Å². The summed E-state index contributed by atoms with van der Waals surface area (Å²) >= 11 is 0. The summed E-state index contributed by atoms with van der Waals surface area (Å²) < 4.78 is 6.55. The molecule has 1 saturated carbocycles. The van der Waals surface area contributed by atoms with Crippen LogP contribution in [-0.2, 0) is 25.5 Å². The lowest BCUT2D eigenvalue weighted by atomic mass is 9.74. The van der Waals surface area contributed by atoms with Crippen molar-refractivity contribution in [3.8, 4) is 0 Å². The number of fused-ring (bicyclic) bond motifs is 1. The highest BCUT2D eigenvalue weighted by Gasteiger charge is 2.73. The highest BCUT2D eigenvalue weighted by Crippen LogP contribution is 2.56. The van der Waals surface area contributed by atoms with Crippen LogP contribution in [0, 0.1) is 11.8 Å². The van der Waals surface area contributed by atoms with Gasteiger partial charge in [-0.05, 0) is 61.8 Å². The summed E-state index contributed by atoms with van der Waals surface area (Å²) in [6, 6.07) is 17.1. The van der Waals surface area contributed by atoms with Gasteiger partial charge in [-0.2, -0.15) is 0 Å². The van der Waals surface area contributed by atoms with E-state index in [9.17, 15) is 14.4 Å². The van der Waals surface area contributed by atoms with Crippen molar-refractivity contribution in [2.24, 2.45) is 11.8 Å². The van der Waals surface area contributed by atoms with Gasteiger partial charge in [0, 0.05) is 17.8 Å². The fraction of sp³-hybridized carbons (Fsp3) is 0.514. The van der Waals surface area contributed by atoms with E-state index in [1.807, 2.05) is 61.5 Å². The molecule has 222 valence electrons. The zero-order valence-corrected chi connectivity index (χ0v) is 24.9. The van der Waals surface area contributed by atoms with Crippen LogP contribution in [0.5, 0.6) is 0 Å². The van der Waals surface area contributed by atoms with Gasteiger partial charge in [0.2, 0.25) is 17.7 Å². The van der Waals surface area contributed by atoms with E-state index in [0.29, 0.717) is 18.0 Å². The second kappa shape index (κ2) is 11.7. The molecule has 2 aromatic rings. The average Bonchev–Trinajstić information content (AvgIpc) is 3.64. The van der Waals surface area contributed by atoms with Crippen molar-refractivity contribution < 1.29 is 19.1 Å². The SMILES string of the molecule is CC(C)c1ccc(NC(=O)C2[C@H]3C=CC4(O3)C(C(=O)NC3CCCCC3)N(C(C)CCc3ccccc3)C(=O)[C@@H]24)cc1.